The third-order valence-corrected chi connectivity index (χ3v) is 4.29. The Bertz CT molecular complexity index is 639. The lowest BCUT2D eigenvalue weighted by Crippen LogP contribution is -2.24. The van der Waals surface area contributed by atoms with Gasteiger partial charge in [0, 0.05) is 24.8 Å². The molecule has 0 aromatic heterocycles. The van der Waals surface area contributed by atoms with E-state index in [2.05, 4.69) is 23.1 Å². The van der Waals surface area contributed by atoms with Crippen LogP contribution in [-0.4, -0.2) is 6.54 Å². The smallest absolute Gasteiger partial charge is 0.123 e. The van der Waals surface area contributed by atoms with Crippen molar-refractivity contribution < 1.29 is 4.39 Å². The second-order valence-corrected chi connectivity index (χ2v) is 5.80. The van der Waals surface area contributed by atoms with Crippen LogP contribution in [0.15, 0.2) is 42.5 Å². The Morgan fingerprint density at radius 3 is 2.86 bits per heavy atom. The highest BCUT2D eigenvalue weighted by Gasteiger charge is 2.20. The summed E-state index contributed by atoms with van der Waals surface area (Å²) in [7, 11) is 0. The molecule has 3 heteroatoms. The van der Waals surface area contributed by atoms with Gasteiger partial charge in [-0.05, 0) is 54.7 Å². The summed E-state index contributed by atoms with van der Waals surface area (Å²) in [5.74, 6) is -0.172. The number of rotatable bonds is 2. The molecule has 3 rings (SSSR count). The van der Waals surface area contributed by atoms with E-state index in [0.717, 1.165) is 31.5 Å². The number of fused-ring (bicyclic) bond motifs is 1. The van der Waals surface area contributed by atoms with E-state index in [-0.39, 0.29) is 11.9 Å². The molecule has 2 aromatic rings. The average Bonchev–Trinajstić information content (AvgIpc) is 2.63. The van der Waals surface area contributed by atoms with Gasteiger partial charge in [0.15, 0.2) is 0 Å². The van der Waals surface area contributed by atoms with Gasteiger partial charge in [-0.2, -0.15) is 0 Å². The fraction of sp³-hybridized carbons (Fsp3) is 0.333. The molecule has 1 atom stereocenters. The zero-order valence-corrected chi connectivity index (χ0v) is 12.3. The number of aryl methyl sites for hydroxylation is 1. The molecule has 2 N–H and O–H groups in total. The first-order chi connectivity index (χ1) is 10.1. The summed E-state index contributed by atoms with van der Waals surface area (Å²) < 4.78 is 13.3. The van der Waals surface area contributed by atoms with Gasteiger partial charge in [0.1, 0.15) is 5.82 Å². The topological polar surface area (TPSA) is 29.3 Å². The van der Waals surface area contributed by atoms with Crippen LogP contribution in [0.5, 0.6) is 0 Å². The number of halogens is 1. The van der Waals surface area contributed by atoms with Crippen molar-refractivity contribution in [2.24, 2.45) is 5.73 Å². The predicted molar refractivity (Wildman–Crippen MR) is 84.8 cm³/mol. The Morgan fingerprint density at radius 2 is 2.05 bits per heavy atom. The first kappa shape index (κ1) is 14.1. The SMILES string of the molecule is Cc1cc(F)ccc1CN1CCCC(N)c2ccccc21. The molecule has 0 aliphatic carbocycles. The molecular formula is C18H21FN2. The number of hydrogen-bond donors (Lipinski definition) is 1. The van der Waals surface area contributed by atoms with E-state index in [4.69, 9.17) is 5.73 Å². The average molecular weight is 284 g/mol. The number of para-hydroxylation sites is 1. The summed E-state index contributed by atoms with van der Waals surface area (Å²) in [6, 6.07) is 13.5. The highest BCUT2D eigenvalue weighted by Crippen LogP contribution is 2.32. The summed E-state index contributed by atoms with van der Waals surface area (Å²) >= 11 is 0. The standard InChI is InChI=1S/C18H21FN2/c1-13-11-15(19)9-8-14(13)12-21-10-4-6-17(20)16-5-2-3-7-18(16)21/h2-3,5,7-9,11,17H,4,6,10,12,20H2,1H3. The van der Waals surface area contributed by atoms with Crippen molar-refractivity contribution in [1.29, 1.82) is 0 Å². The van der Waals surface area contributed by atoms with Crippen molar-refractivity contribution in [3.05, 3.63) is 65.0 Å². The maximum Gasteiger partial charge on any atom is 0.123 e. The van der Waals surface area contributed by atoms with E-state index in [1.165, 1.54) is 22.9 Å². The summed E-state index contributed by atoms with van der Waals surface area (Å²) in [6.07, 6.45) is 2.09. The molecule has 0 fully saturated rings. The van der Waals surface area contributed by atoms with Crippen LogP contribution in [0.4, 0.5) is 10.1 Å². The molecule has 21 heavy (non-hydrogen) atoms. The second-order valence-electron chi connectivity index (χ2n) is 5.80. The first-order valence-corrected chi connectivity index (χ1v) is 7.49. The Kier molecular flexibility index (Phi) is 3.93. The molecule has 0 amide bonds. The van der Waals surface area contributed by atoms with Crippen molar-refractivity contribution in [3.63, 3.8) is 0 Å². The van der Waals surface area contributed by atoms with Crippen LogP contribution in [0.1, 0.15) is 35.6 Å². The minimum Gasteiger partial charge on any atom is -0.367 e. The van der Waals surface area contributed by atoms with Crippen LogP contribution < -0.4 is 10.6 Å². The van der Waals surface area contributed by atoms with Gasteiger partial charge in [-0.15, -0.1) is 0 Å². The molecule has 2 aromatic carbocycles. The van der Waals surface area contributed by atoms with Crippen LogP contribution in [0, 0.1) is 12.7 Å². The molecule has 1 heterocycles. The van der Waals surface area contributed by atoms with Crippen molar-refractivity contribution in [2.45, 2.75) is 32.4 Å². The van der Waals surface area contributed by atoms with Gasteiger partial charge >= 0.3 is 0 Å². The molecule has 1 aliphatic rings. The molecule has 2 nitrogen and oxygen atoms in total. The van der Waals surface area contributed by atoms with Crippen molar-refractivity contribution >= 4 is 5.69 Å². The van der Waals surface area contributed by atoms with Gasteiger partial charge < -0.3 is 10.6 Å². The van der Waals surface area contributed by atoms with E-state index >= 15 is 0 Å². The minimum atomic E-state index is -0.172. The summed E-state index contributed by atoms with van der Waals surface area (Å²) in [5, 5.41) is 0. The summed E-state index contributed by atoms with van der Waals surface area (Å²) in [5.41, 5.74) is 10.9. The van der Waals surface area contributed by atoms with Crippen molar-refractivity contribution in [2.75, 3.05) is 11.4 Å². The Labute approximate surface area is 125 Å². The normalized spacial score (nSPS) is 18.2. The highest BCUT2D eigenvalue weighted by molar-refractivity contribution is 5.56. The van der Waals surface area contributed by atoms with Crippen molar-refractivity contribution in [3.8, 4) is 0 Å². The number of nitrogens with two attached hydrogens (primary N) is 1. The monoisotopic (exact) mass is 284 g/mol. The van der Waals surface area contributed by atoms with E-state index in [9.17, 15) is 4.39 Å². The molecule has 110 valence electrons. The van der Waals surface area contributed by atoms with Crippen LogP contribution in [0.25, 0.3) is 0 Å². The van der Waals surface area contributed by atoms with Crippen molar-refractivity contribution in [1.82, 2.24) is 0 Å². The molecular weight excluding hydrogens is 263 g/mol. The fourth-order valence-corrected chi connectivity index (χ4v) is 3.07. The van der Waals surface area contributed by atoms with E-state index in [0.29, 0.717) is 0 Å². The molecule has 0 spiro atoms. The maximum atomic E-state index is 13.3. The molecule has 1 unspecified atom stereocenters. The largest absolute Gasteiger partial charge is 0.367 e. The van der Waals surface area contributed by atoms with Crippen LogP contribution in [0.2, 0.25) is 0 Å². The van der Waals surface area contributed by atoms with Gasteiger partial charge in [-0.25, -0.2) is 4.39 Å². The van der Waals surface area contributed by atoms with E-state index < -0.39 is 0 Å². The molecule has 1 aliphatic heterocycles. The number of anilines is 1. The zero-order valence-electron chi connectivity index (χ0n) is 12.3. The van der Waals surface area contributed by atoms with E-state index in [1.807, 2.05) is 19.1 Å². The maximum absolute atomic E-state index is 13.3. The second kappa shape index (κ2) is 5.86. The molecule has 0 saturated carbocycles. The summed E-state index contributed by atoms with van der Waals surface area (Å²) in [4.78, 5) is 2.36. The molecule has 0 saturated heterocycles. The lowest BCUT2D eigenvalue weighted by molar-refractivity contribution is 0.621. The quantitative estimate of drug-likeness (QED) is 0.905. The summed E-state index contributed by atoms with van der Waals surface area (Å²) in [6.45, 7) is 3.76. The van der Waals surface area contributed by atoms with Gasteiger partial charge in [0.2, 0.25) is 0 Å². The lowest BCUT2D eigenvalue weighted by Gasteiger charge is -2.26. The fourth-order valence-electron chi connectivity index (χ4n) is 3.07. The molecule has 0 bridgehead atoms. The minimum absolute atomic E-state index is 0.112. The first-order valence-electron chi connectivity index (χ1n) is 7.49. The van der Waals surface area contributed by atoms with Gasteiger partial charge in [-0.3, -0.25) is 0 Å². The van der Waals surface area contributed by atoms with Gasteiger partial charge in [0.05, 0.1) is 0 Å². The van der Waals surface area contributed by atoms with Gasteiger partial charge in [0.25, 0.3) is 0 Å². The third-order valence-electron chi connectivity index (χ3n) is 4.29. The number of nitrogens with zero attached hydrogens (tertiary/aromatic N) is 1. The number of benzene rings is 2. The van der Waals surface area contributed by atoms with E-state index in [1.54, 1.807) is 6.07 Å². The van der Waals surface area contributed by atoms with Crippen LogP contribution in [0.3, 0.4) is 0 Å². The number of hydrogen-bond acceptors (Lipinski definition) is 2. The van der Waals surface area contributed by atoms with Gasteiger partial charge in [-0.1, -0.05) is 24.3 Å². The Hall–Kier alpha value is -1.87. The lowest BCUT2D eigenvalue weighted by atomic mass is 10.0. The Morgan fingerprint density at radius 1 is 1.24 bits per heavy atom. The predicted octanol–water partition coefficient (Wildman–Crippen LogP) is 3.93. The van der Waals surface area contributed by atoms with Crippen LogP contribution >= 0.6 is 0 Å². The zero-order chi connectivity index (χ0) is 14.8. The Balaban J connectivity index is 1.93. The highest BCUT2D eigenvalue weighted by atomic mass is 19.1. The third kappa shape index (κ3) is 2.93. The molecule has 0 radical (unpaired) electrons. The van der Waals surface area contributed by atoms with Crippen LogP contribution in [-0.2, 0) is 6.54 Å².